The number of nitrogens with one attached hydrogen (secondary N) is 2. The number of piperazine rings is 1. The number of rotatable bonds is 3. The molecule has 21 heavy (non-hydrogen) atoms. The van der Waals surface area contributed by atoms with Crippen LogP contribution in [0, 0.1) is 18.3 Å². The van der Waals surface area contributed by atoms with E-state index in [4.69, 9.17) is 5.26 Å². The molecule has 1 aromatic rings. The fourth-order valence-corrected chi connectivity index (χ4v) is 2.10. The van der Waals surface area contributed by atoms with Crippen LogP contribution in [0.3, 0.4) is 0 Å². The second-order valence-electron chi connectivity index (χ2n) is 4.88. The SMILES string of the molecule is Cc1ccc(O)c(N/C=C(/C#N)C(=O)N2CCNCC2)c1. The maximum Gasteiger partial charge on any atom is 0.266 e. The van der Waals surface area contributed by atoms with Crippen LogP contribution in [-0.2, 0) is 4.79 Å². The van der Waals surface area contributed by atoms with Crippen LogP contribution in [0.4, 0.5) is 5.69 Å². The highest BCUT2D eigenvalue weighted by Gasteiger charge is 2.20. The van der Waals surface area contributed by atoms with Gasteiger partial charge in [-0.05, 0) is 24.6 Å². The Bertz CT molecular complexity index is 598. The van der Waals surface area contributed by atoms with Crippen LogP contribution in [0.25, 0.3) is 0 Å². The van der Waals surface area contributed by atoms with E-state index in [0.717, 1.165) is 18.7 Å². The molecule has 6 heteroatoms. The van der Waals surface area contributed by atoms with Gasteiger partial charge in [-0.3, -0.25) is 4.79 Å². The molecule has 0 atom stereocenters. The lowest BCUT2D eigenvalue weighted by atomic mass is 10.2. The maximum absolute atomic E-state index is 12.2. The van der Waals surface area contributed by atoms with Gasteiger partial charge < -0.3 is 20.6 Å². The number of nitrogens with zero attached hydrogens (tertiary/aromatic N) is 2. The van der Waals surface area contributed by atoms with Crippen LogP contribution < -0.4 is 10.6 Å². The highest BCUT2D eigenvalue weighted by Crippen LogP contribution is 2.24. The third kappa shape index (κ3) is 3.74. The first-order valence-electron chi connectivity index (χ1n) is 6.78. The van der Waals surface area contributed by atoms with E-state index in [1.54, 1.807) is 23.1 Å². The van der Waals surface area contributed by atoms with Crippen molar-refractivity contribution in [1.82, 2.24) is 10.2 Å². The van der Waals surface area contributed by atoms with Crippen molar-refractivity contribution < 1.29 is 9.90 Å². The molecule has 1 aliphatic heterocycles. The molecule has 1 saturated heterocycles. The molecule has 2 rings (SSSR count). The fourth-order valence-electron chi connectivity index (χ4n) is 2.10. The summed E-state index contributed by atoms with van der Waals surface area (Å²) < 4.78 is 0. The number of benzene rings is 1. The molecule has 0 bridgehead atoms. The number of hydrogen-bond acceptors (Lipinski definition) is 5. The van der Waals surface area contributed by atoms with Gasteiger partial charge in [-0.2, -0.15) is 5.26 Å². The summed E-state index contributed by atoms with van der Waals surface area (Å²) in [5, 5.41) is 24.9. The zero-order valence-corrected chi connectivity index (χ0v) is 11.9. The van der Waals surface area contributed by atoms with E-state index in [0.29, 0.717) is 18.8 Å². The first-order valence-corrected chi connectivity index (χ1v) is 6.78. The zero-order valence-electron chi connectivity index (χ0n) is 11.9. The number of anilines is 1. The zero-order chi connectivity index (χ0) is 15.2. The number of aromatic hydroxyl groups is 1. The quantitative estimate of drug-likeness (QED) is 0.437. The van der Waals surface area contributed by atoms with Gasteiger partial charge in [-0.15, -0.1) is 0 Å². The van der Waals surface area contributed by atoms with Gasteiger partial charge in [0, 0.05) is 32.4 Å². The van der Waals surface area contributed by atoms with Gasteiger partial charge in [0.1, 0.15) is 17.4 Å². The Morgan fingerprint density at radius 2 is 2.19 bits per heavy atom. The Morgan fingerprint density at radius 1 is 1.48 bits per heavy atom. The van der Waals surface area contributed by atoms with Crippen LogP contribution >= 0.6 is 0 Å². The maximum atomic E-state index is 12.2. The number of carbonyl (C=O) groups excluding carboxylic acids is 1. The molecule has 1 aliphatic rings. The second-order valence-corrected chi connectivity index (χ2v) is 4.88. The molecule has 0 aliphatic carbocycles. The van der Waals surface area contributed by atoms with Crippen molar-refractivity contribution in [3.63, 3.8) is 0 Å². The Labute approximate surface area is 123 Å². The molecule has 1 fully saturated rings. The average Bonchev–Trinajstić information content (AvgIpc) is 2.51. The van der Waals surface area contributed by atoms with Gasteiger partial charge in [0.05, 0.1) is 5.69 Å². The minimum atomic E-state index is -0.293. The van der Waals surface area contributed by atoms with Crippen molar-refractivity contribution in [3.05, 3.63) is 35.5 Å². The predicted molar refractivity (Wildman–Crippen MR) is 79.6 cm³/mol. The molecule has 1 aromatic carbocycles. The summed E-state index contributed by atoms with van der Waals surface area (Å²) in [6.45, 7) is 4.54. The Morgan fingerprint density at radius 3 is 2.86 bits per heavy atom. The number of phenolic OH excluding ortho intramolecular Hbond substituents is 1. The monoisotopic (exact) mass is 286 g/mol. The molecule has 110 valence electrons. The number of hydrogen-bond donors (Lipinski definition) is 3. The molecule has 0 unspecified atom stereocenters. The first kappa shape index (κ1) is 14.9. The van der Waals surface area contributed by atoms with Gasteiger partial charge in [0.25, 0.3) is 5.91 Å². The van der Waals surface area contributed by atoms with Crippen LogP contribution in [0.2, 0.25) is 0 Å². The molecular weight excluding hydrogens is 268 g/mol. The topological polar surface area (TPSA) is 88.4 Å². The van der Waals surface area contributed by atoms with Crippen LogP contribution in [0.1, 0.15) is 5.56 Å². The third-order valence-electron chi connectivity index (χ3n) is 3.28. The lowest BCUT2D eigenvalue weighted by Crippen LogP contribution is -2.46. The molecule has 1 heterocycles. The molecule has 6 nitrogen and oxygen atoms in total. The molecule has 0 aromatic heterocycles. The molecule has 0 saturated carbocycles. The lowest BCUT2D eigenvalue weighted by molar-refractivity contribution is -0.127. The Kier molecular flexibility index (Phi) is 4.80. The number of amides is 1. The summed E-state index contributed by atoms with van der Waals surface area (Å²) in [5.41, 5.74) is 1.46. The van der Waals surface area contributed by atoms with Gasteiger partial charge in [0.2, 0.25) is 0 Å². The minimum absolute atomic E-state index is 0.0257. The van der Waals surface area contributed by atoms with E-state index in [1.165, 1.54) is 6.20 Å². The average molecular weight is 286 g/mol. The van der Waals surface area contributed by atoms with Gasteiger partial charge in [-0.25, -0.2) is 0 Å². The lowest BCUT2D eigenvalue weighted by Gasteiger charge is -2.27. The van der Waals surface area contributed by atoms with E-state index in [9.17, 15) is 9.90 Å². The number of aryl methyl sites for hydroxylation is 1. The number of carbonyl (C=O) groups is 1. The van der Waals surface area contributed by atoms with Crippen molar-refractivity contribution in [2.24, 2.45) is 0 Å². The Hall–Kier alpha value is -2.52. The van der Waals surface area contributed by atoms with Crippen molar-refractivity contribution in [3.8, 4) is 11.8 Å². The standard InChI is InChI=1S/C15H18N4O2/c1-11-2-3-14(20)13(8-11)18-10-12(9-16)15(21)19-6-4-17-5-7-19/h2-3,8,10,17-18,20H,4-7H2,1H3/b12-10-. The summed E-state index contributed by atoms with van der Waals surface area (Å²) in [5.74, 6) is -0.220. The molecule has 1 amide bonds. The van der Waals surface area contributed by atoms with Crippen molar-refractivity contribution in [1.29, 1.82) is 5.26 Å². The fraction of sp³-hybridized carbons (Fsp3) is 0.333. The normalized spacial score (nSPS) is 15.4. The number of nitriles is 1. The van der Waals surface area contributed by atoms with E-state index in [2.05, 4.69) is 10.6 Å². The van der Waals surface area contributed by atoms with Gasteiger partial charge in [0.15, 0.2) is 0 Å². The summed E-state index contributed by atoms with van der Waals surface area (Å²) in [7, 11) is 0. The summed E-state index contributed by atoms with van der Waals surface area (Å²) >= 11 is 0. The van der Waals surface area contributed by atoms with Crippen LogP contribution in [0.15, 0.2) is 30.0 Å². The highest BCUT2D eigenvalue weighted by molar-refractivity contribution is 5.97. The summed E-state index contributed by atoms with van der Waals surface area (Å²) in [4.78, 5) is 13.8. The summed E-state index contributed by atoms with van der Waals surface area (Å²) in [6, 6.07) is 7.00. The van der Waals surface area contributed by atoms with Crippen molar-refractivity contribution in [2.45, 2.75) is 6.92 Å². The minimum Gasteiger partial charge on any atom is -0.506 e. The largest absolute Gasteiger partial charge is 0.506 e. The van der Waals surface area contributed by atoms with E-state index >= 15 is 0 Å². The van der Waals surface area contributed by atoms with Crippen molar-refractivity contribution >= 4 is 11.6 Å². The first-order chi connectivity index (χ1) is 10.1. The van der Waals surface area contributed by atoms with E-state index in [-0.39, 0.29) is 17.2 Å². The van der Waals surface area contributed by atoms with Crippen LogP contribution in [-0.4, -0.2) is 42.1 Å². The molecular formula is C15H18N4O2. The molecule has 0 spiro atoms. The van der Waals surface area contributed by atoms with Crippen LogP contribution in [0.5, 0.6) is 5.75 Å². The third-order valence-corrected chi connectivity index (χ3v) is 3.28. The Balaban J connectivity index is 2.11. The second kappa shape index (κ2) is 6.77. The molecule has 0 radical (unpaired) electrons. The van der Waals surface area contributed by atoms with Crippen molar-refractivity contribution in [2.75, 3.05) is 31.5 Å². The smallest absolute Gasteiger partial charge is 0.266 e. The van der Waals surface area contributed by atoms with Gasteiger partial charge >= 0.3 is 0 Å². The van der Waals surface area contributed by atoms with E-state index < -0.39 is 0 Å². The number of phenols is 1. The summed E-state index contributed by atoms with van der Waals surface area (Å²) in [6.07, 6.45) is 1.35. The molecule has 3 N–H and O–H groups in total. The predicted octanol–water partition coefficient (Wildman–Crippen LogP) is 0.952. The van der Waals surface area contributed by atoms with E-state index in [1.807, 2.05) is 13.0 Å². The van der Waals surface area contributed by atoms with Gasteiger partial charge in [-0.1, -0.05) is 6.07 Å². The highest BCUT2D eigenvalue weighted by atomic mass is 16.3.